The van der Waals surface area contributed by atoms with Gasteiger partial charge in [0, 0.05) is 31.8 Å². The number of hydrogen-bond acceptors (Lipinski definition) is 12. The standard InChI is InChI=1S/C20H22N8O5.C2H4O.CH4O/c1-28(9-11-8-23-17-15(24-11)16(21)26-20(22)27-17)12-4-2-10(3-5-12)18(31)25-13(19(32)33)6-7-14(29)30;1-2-3;1-2/h2-5,8,13H,6-7,9H2,1H3,(H,25,31)(H,29,30)(H,32,33)(H4,21,22,23,26,27);2-3H,1H2;2H,1H3. The summed E-state index contributed by atoms with van der Waals surface area (Å²) >= 11 is 0. The van der Waals surface area contributed by atoms with Crippen LogP contribution in [0.3, 0.4) is 0 Å². The molecule has 1 aromatic carbocycles. The Morgan fingerprint density at radius 2 is 1.71 bits per heavy atom. The summed E-state index contributed by atoms with van der Waals surface area (Å²) in [5.41, 5.74) is 13.7. The Morgan fingerprint density at radius 1 is 1.11 bits per heavy atom. The highest BCUT2D eigenvalue weighted by Crippen LogP contribution is 2.19. The van der Waals surface area contributed by atoms with E-state index in [0.29, 0.717) is 23.4 Å². The average Bonchev–Trinajstić information content (AvgIpc) is 2.88. The monoisotopic (exact) mass is 530 g/mol. The van der Waals surface area contributed by atoms with Gasteiger partial charge in [-0.1, -0.05) is 6.58 Å². The molecule has 0 aliphatic carbocycles. The van der Waals surface area contributed by atoms with Gasteiger partial charge >= 0.3 is 11.9 Å². The van der Waals surface area contributed by atoms with Crippen molar-refractivity contribution in [3.05, 3.63) is 54.6 Å². The molecule has 0 spiro atoms. The number of carboxylic acids is 2. The summed E-state index contributed by atoms with van der Waals surface area (Å²) in [4.78, 5) is 52.7. The molecular formula is C23H30N8O7. The SMILES string of the molecule is C=CO.CN(Cc1cnc2nc(N)nc(N)c2n1)c1ccc(C(=O)NC(CCC(=O)O)C(=O)O)cc1.CO. The lowest BCUT2D eigenvalue weighted by Crippen LogP contribution is -2.41. The number of amides is 1. The number of fused-ring (bicyclic) bond motifs is 1. The first-order chi connectivity index (χ1) is 18.0. The number of benzene rings is 1. The second-order valence-corrected chi connectivity index (χ2v) is 7.38. The van der Waals surface area contributed by atoms with Crippen LogP contribution in [0.5, 0.6) is 0 Å². The second-order valence-electron chi connectivity index (χ2n) is 7.38. The van der Waals surface area contributed by atoms with Crippen molar-refractivity contribution in [3.63, 3.8) is 0 Å². The molecule has 0 radical (unpaired) electrons. The van der Waals surface area contributed by atoms with Gasteiger partial charge in [-0.3, -0.25) is 9.59 Å². The number of aliphatic hydroxyl groups excluding tert-OH is 2. The smallest absolute Gasteiger partial charge is 0.326 e. The number of nitrogens with two attached hydrogens (primary N) is 2. The van der Waals surface area contributed by atoms with Crippen molar-refractivity contribution in [1.82, 2.24) is 25.3 Å². The summed E-state index contributed by atoms with van der Waals surface area (Å²) in [6.07, 6.45) is 1.71. The van der Waals surface area contributed by atoms with Crippen LogP contribution in [0, 0.1) is 0 Å². The molecule has 1 unspecified atom stereocenters. The fourth-order valence-corrected chi connectivity index (χ4v) is 3.03. The van der Waals surface area contributed by atoms with E-state index in [9.17, 15) is 19.5 Å². The van der Waals surface area contributed by atoms with Crippen molar-refractivity contribution in [2.45, 2.75) is 25.4 Å². The number of hydrogen-bond donors (Lipinski definition) is 7. The molecule has 15 nitrogen and oxygen atoms in total. The van der Waals surface area contributed by atoms with Crippen molar-refractivity contribution in [3.8, 4) is 0 Å². The fourth-order valence-electron chi connectivity index (χ4n) is 3.03. The molecule has 0 fully saturated rings. The van der Waals surface area contributed by atoms with Gasteiger partial charge in [0.15, 0.2) is 17.0 Å². The van der Waals surface area contributed by atoms with E-state index in [1.807, 2.05) is 11.9 Å². The van der Waals surface area contributed by atoms with E-state index in [2.05, 4.69) is 31.8 Å². The molecule has 3 rings (SSSR count). The molecule has 0 saturated carbocycles. The van der Waals surface area contributed by atoms with Crippen molar-refractivity contribution >= 4 is 46.5 Å². The molecule has 9 N–H and O–H groups in total. The third-order valence-corrected chi connectivity index (χ3v) is 4.72. The zero-order valence-electron chi connectivity index (χ0n) is 20.8. The number of aromatic nitrogens is 4. The molecule has 0 bridgehead atoms. The van der Waals surface area contributed by atoms with Gasteiger partial charge < -0.3 is 42.1 Å². The Morgan fingerprint density at radius 3 is 2.26 bits per heavy atom. The van der Waals surface area contributed by atoms with E-state index >= 15 is 0 Å². The summed E-state index contributed by atoms with van der Waals surface area (Å²) in [6, 6.07) is 5.16. The third-order valence-electron chi connectivity index (χ3n) is 4.72. The molecular weight excluding hydrogens is 500 g/mol. The molecule has 3 aromatic rings. The number of aliphatic hydroxyl groups is 2. The van der Waals surface area contributed by atoms with Gasteiger partial charge in [0.05, 0.1) is 24.7 Å². The Balaban J connectivity index is 0.00000135. The lowest BCUT2D eigenvalue weighted by Gasteiger charge is -2.19. The highest BCUT2D eigenvalue weighted by molar-refractivity contribution is 5.97. The van der Waals surface area contributed by atoms with E-state index in [4.69, 9.17) is 26.8 Å². The number of carboxylic acid groups (broad SMARTS) is 2. The molecule has 0 saturated heterocycles. The van der Waals surface area contributed by atoms with E-state index in [1.165, 1.54) is 12.1 Å². The van der Waals surface area contributed by atoms with Crippen LogP contribution in [0.25, 0.3) is 11.2 Å². The van der Waals surface area contributed by atoms with Crippen LogP contribution in [0.1, 0.15) is 28.9 Å². The number of rotatable bonds is 9. The number of aliphatic carboxylic acids is 2. The number of carbonyl (C=O) groups is 3. The quantitative estimate of drug-likeness (QED) is 0.187. The van der Waals surface area contributed by atoms with Crippen molar-refractivity contribution in [2.24, 2.45) is 0 Å². The summed E-state index contributed by atoms with van der Waals surface area (Å²) in [7, 11) is 2.82. The van der Waals surface area contributed by atoms with Crippen LogP contribution in [-0.2, 0) is 16.1 Å². The predicted molar refractivity (Wildman–Crippen MR) is 139 cm³/mol. The molecule has 0 aliphatic rings. The average molecular weight is 531 g/mol. The van der Waals surface area contributed by atoms with E-state index in [-0.39, 0.29) is 30.2 Å². The minimum Gasteiger partial charge on any atom is -0.516 e. The lowest BCUT2D eigenvalue weighted by atomic mass is 10.1. The van der Waals surface area contributed by atoms with Gasteiger partial charge in [-0.2, -0.15) is 9.97 Å². The first kappa shape index (κ1) is 31.0. The maximum atomic E-state index is 12.4. The van der Waals surface area contributed by atoms with Crippen molar-refractivity contribution in [1.29, 1.82) is 0 Å². The van der Waals surface area contributed by atoms with Crippen molar-refractivity contribution < 1.29 is 34.8 Å². The first-order valence-corrected chi connectivity index (χ1v) is 10.9. The number of nitrogen functional groups attached to an aromatic ring is 2. The van der Waals surface area contributed by atoms with Gasteiger partial charge in [-0.05, 0) is 30.7 Å². The van der Waals surface area contributed by atoms with Crippen LogP contribution < -0.4 is 21.7 Å². The molecule has 1 atom stereocenters. The Labute approximate surface area is 217 Å². The first-order valence-electron chi connectivity index (χ1n) is 10.9. The normalized spacial score (nSPS) is 10.6. The summed E-state index contributed by atoms with van der Waals surface area (Å²) in [5, 5.41) is 34.6. The van der Waals surface area contributed by atoms with Crippen molar-refractivity contribution in [2.75, 3.05) is 30.5 Å². The topological polar surface area (TPSA) is 251 Å². The fraction of sp³-hybridized carbons (Fsp3) is 0.261. The molecule has 1 amide bonds. The molecule has 2 aromatic heterocycles. The van der Waals surface area contributed by atoms with Gasteiger partial charge in [0.25, 0.3) is 5.91 Å². The predicted octanol–water partition coefficient (Wildman–Crippen LogP) is 0.565. The highest BCUT2D eigenvalue weighted by atomic mass is 16.4. The largest absolute Gasteiger partial charge is 0.516 e. The Bertz CT molecular complexity index is 1250. The third kappa shape index (κ3) is 9.19. The summed E-state index contributed by atoms with van der Waals surface area (Å²) in [5.74, 6) is -2.91. The van der Waals surface area contributed by atoms with Crippen LogP contribution in [0.2, 0.25) is 0 Å². The molecule has 15 heteroatoms. The van der Waals surface area contributed by atoms with Crippen LogP contribution in [-0.4, -0.2) is 78.4 Å². The molecule has 38 heavy (non-hydrogen) atoms. The van der Waals surface area contributed by atoms with E-state index in [1.54, 1.807) is 18.3 Å². The Kier molecular flexibility index (Phi) is 12.3. The van der Waals surface area contributed by atoms with Gasteiger partial charge in [-0.15, -0.1) is 0 Å². The van der Waals surface area contributed by atoms with E-state index < -0.39 is 23.9 Å². The van der Waals surface area contributed by atoms with Crippen LogP contribution in [0.15, 0.2) is 43.3 Å². The van der Waals surface area contributed by atoms with E-state index in [0.717, 1.165) is 19.1 Å². The number of anilines is 3. The summed E-state index contributed by atoms with van der Waals surface area (Å²) in [6.45, 7) is 3.29. The Hall–Kier alpha value is -5.05. The number of carbonyl (C=O) groups excluding carboxylic acids is 1. The minimum absolute atomic E-state index is 0.0138. The molecule has 204 valence electrons. The van der Waals surface area contributed by atoms with Gasteiger partial charge in [-0.25, -0.2) is 14.8 Å². The maximum Gasteiger partial charge on any atom is 0.326 e. The molecule has 2 heterocycles. The summed E-state index contributed by atoms with van der Waals surface area (Å²) < 4.78 is 0. The maximum absolute atomic E-state index is 12.4. The number of nitrogens with one attached hydrogen (secondary N) is 1. The number of nitrogens with zero attached hydrogens (tertiary/aromatic N) is 5. The molecule has 0 aliphatic heterocycles. The van der Waals surface area contributed by atoms with Gasteiger partial charge in [0.2, 0.25) is 5.95 Å². The lowest BCUT2D eigenvalue weighted by molar-refractivity contribution is -0.140. The minimum atomic E-state index is -1.30. The zero-order chi connectivity index (χ0) is 28.8. The van der Waals surface area contributed by atoms with Gasteiger partial charge in [0.1, 0.15) is 6.04 Å². The van der Waals surface area contributed by atoms with Crippen LogP contribution >= 0.6 is 0 Å². The second kappa shape index (κ2) is 15.1. The zero-order valence-corrected chi connectivity index (χ0v) is 20.8. The van der Waals surface area contributed by atoms with Crippen LogP contribution in [0.4, 0.5) is 17.5 Å². The highest BCUT2D eigenvalue weighted by Gasteiger charge is 2.21.